The van der Waals surface area contributed by atoms with Crippen molar-refractivity contribution in [2.45, 2.75) is 12.8 Å². The molecule has 3 aliphatic heterocycles. The summed E-state index contributed by atoms with van der Waals surface area (Å²) in [6.07, 6.45) is 6.01. The molecule has 3 nitrogen and oxygen atoms in total. The summed E-state index contributed by atoms with van der Waals surface area (Å²) in [5.74, 6) is 1.54. The molecule has 1 amide bonds. The van der Waals surface area contributed by atoms with Crippen LogP contribution in [0.25, 0.3) is 0 Å². The SMILES string of the molecule is O=C1CC=CC2=[N+]1CC1CNCC2C1. The van der Waals surface area contributed by atoms with Crippen molar-refractivity contribution in [1.82, 2.24) is 5.32 Å². The van der Waals surface area contributed by atoms with Crippen LogP contribution in [0.5, 0.6) is 0 Å². The molecule has 1 fully saturated rings. The minimum atomic E-state index is 0.291. The summed E-state index contributed by atoms with van der Waals surface area (Å²) in [5.41, 5.74) is 1.25. The number of amides is 1. The number of nitrogens with zero attached hydrogens (tertiary/aromatic N) is 1. The molecule has 3 rings (SSSR count). The second kappa shape index (κ2) is 3.02. The molecule has 2 unspecified atom stereocenters. The minimum absolute atomic E-state index is 0.291. The number of nitrogens with one attached hydrogen (secondary N) is 1. The third kappa shape index (κ3) is 1.16. The highest BCUT2D eigenvalue weighted by atomic mass is 16.2. The molecule has 0 spiro atoms. The van der Waals surface area contributed by atoms with Gasteiger partial charge in [0.2, 0.25) is 0 Å². The van der Waals surface area contributed by atoms with E-state index in [1.807, 2.05) is 10.7 Å². The highest BCUT2D eigenvalue weighted by Gasteiger charge is 2.40. The molecule has 3 heterocycles. The van der Waals surface area contributed by atoms with Crippen LogP contribution in [0, 0.1) is 11.8 Å². The van der Waals surface area contributed by atoms with Crippen LogP contribution in [-0.2, 0) is 4.79 Å². The average molecular weight is 191 g/mol. The van der Waals surface area contributed by atoms with E-state index in [2.05, 4.69) is 11.4 Å². The fraction of sp³-hybridized carbons (Fsp3) is 0.636. The summed E-state index contributed by atoms with van der Waals surface area (Å²) in [6.45, 7) is 3.05. The minimum Gasteiger partial charge on any atom is -0.315 e. The van der Waals surface area contributed by atoms with Gasteiger partial charge in [-0.1, -0.05) is 6.08 Å². The molecular formula is C11H15N2O+. The fourth-order valence-electron chi connectivity index (χ4n) is 2.84. The fourth-order valence-corrected chi connectivity index (χ4v) is 2.84. The molecule has 1 saturated heterocycles. The maximum atomic E-state index is 11.7. The van der Waals surface area contributed by atoms with Crippen LogP contribution in [-0.4, -0.2) is 35.8 Å². The second-order valence-electron chi connectivity index (χ2n) is 4.49. The Kier molecular flexibility index (Phi) is 1.80. The van der Waals surface area contributed by atoms with Crippen molar-refractivity contribution in [2.24, 2.45) is 11.8 Å². The van der Waals surface area contributed by atoms with Crippen LogP contribution in [0.2, 0.25) is 0 Å². The molecule has 74 valence electrons. The van der Waals surface area contributed by atoms with Crippen LogP contribution in [0.4, 0.5) is 0 Å². The van der Waals surface area contributed by atoms with E-state index >= 15 is 0 Å². The zero-order valence-corrected chi connectivity index (χ0v) is 8.20. The maximum absolute atomic E-state index is 11.7. The normalized spacial score (nSPS) is 35.9. The van der Waals surface area contributed by atoms with Gasteiger partial charge in [-0.3, -0.25) is 0 Å². The number of fused-ring (bicyclic) bond motifs is 3. The second-order valence-corrected chi connectivity index (χ2v) is 4.49. The van der Waals surface area contributed by atoms with Crippen LogP contribution in [0.3, 0.4) is 0 Å². The van der Waals surface area contributed by atoms with Crippen molar-refractivity contribution in [3.8, 4) is 0 Å². The van der Waals surface area contributed by atoms with Crippen molar-refractivity contribution < 1.29 is 9.37 Å². The Bertz CT molecular complexity index is 343. The molecule has 0 aromatic rings. The van der Waals surface area contributed by atoms with Gasteiger partial charge in [0.15, 0.2) is 12.3 Å². The van der Waals surface area contributed by atoms with Crippen LogP contribution >= 0.6 is 0 Å². The zero-order chi connectivity index (χ0) is 9.54. The highest BCUT2D eigenvalue weighted by Crippen LogP contribution is 2.25. The molecule has 3 heteroatoms. The van der Waals surface area contributed by atoms with Gasteiger partial charge in [-0.25, -0.2) is 4.79 Å². The van der Waals surface area contributed by atoms with E-state index in [9.17, 15) is 4.79 Å². The predicted octanol–water partition coefficient (Wildman–Crippen LogP) is 0.166. The standard InChI is InChI=1S/C11H15N2O/c14-11-3-1-2-10-9-4-8(5-12-6-9)7-13(10)11/h1-2,8-9,12H,3-7H2/q+1. The quantitative estimate of drug-likeness (QED) is 0.553. The summed E-state index contributed by atoms with van der Waals surface area (Å²) >= 11 is 0. The van der Waals surface area contributed by atoms with Crippen LogP contribution in [0.1, 0.15) is 12.8 Å². The number of allylic oxidation sites excluding steroid dienone is 1. The van der Waals surface area contributed by atoms with Crippen molar-refractivity contribution in [3.63, 3.8) is 0 Å². The number of rotatable bonds is 0. The molecule has 14 heavy (non-hydrogen) atoms. The smallest absolute Gasteiger partial charge is 0.315 e. The molecule has 2 bridgehead atoms. The van der Waals surface area contributed by atoms with E-state index in [4.69, 9.17) is 0 Å². The number of piperidine rings is 1. The lowest BCUT2D eigenvalue weighted by molar-refractivity contribution is -0.466. The summed E-state index contributed by atoms with van der Waals surface area (Å²) in [6, 6.07) is 0. The number of carbonyl (C=O) groups is 1. The first kappa shape index (κ1) is 8.36. The van der Waals surface area contributed by atoms with Gasteiger partial charge in [0.1, 0.15) is 0 Å². The van der Waals surface area contributed by atoms with Gasteiger partial charge in [-0.15, -0.1) is 0 Å². The van der Waals surface area contributed by atoms with Gasteiger partial charge in [-0.05, 0) is 6.42 Å². The van der Waals surface area contributed by atoms with Gasteiger partial charge >= 0.3 is 5.91 Å². The average Bonchev–Trinajstić information content (AvgIpc) is 2.20. The van der Waals surface area contributed by atoms with E-state index in [0.717, 1.165) is 19.6 Å². The van der Waals surface area contributed by atoms with E-state index in [-0.39, 0.29) is 0 Å². The first-order valence-electron chi connectivity index (χ1n) is 5.39. The van der Waals surface area contributed by atoms with Gasteiger partial charge in [-0.2, -0.15) is 4.58 Å². The summed E-state index contributed by atoms with van der Waals surface area (Å²) in [7, 11) is 0. The molecule has 0 aliphatic carbocycles. The molecular weight excluding hydrogens is 176 g/mol. The summed E-state index contributed by atoms with van der Waals surface area (Å²) < 4.78 is 2.01. The van der Waals surface area contributed by atoms with E-state index < -0.39 is 0 Å². The zero-order valence-electron chi connectivity index (χ0n) is 8.20. The van der Waals surface area contributed by atoms with Crippen molar-refractivity contribution in [1.29, 1.82) is 0 Å². The van der Waals surface area contributed by atoms with Crippen molar-refractivity contribution in [2.75, 3.05) is 19.6 Å². The van der Waals surface area contributed by atoms with E-state index in [1.165, 1.54) is 12.1 Å². The Morgan fingerprint density at radius 1 is 1.43 bits per heavy atom. The number of carbonyl (C=O) groups excluding carboxylic acids is 1. The van der Waals surface area contributed by atoms with Crippen LogP contribution < -0.4 is 5.32 Å². The molecule has 1 N–H and O–H groups in total. The third-order valence-corrected chi connectivity index (χ3v) is 3.49. The molecule has 0 aromatic heterocycles. The molecule has 0 aromatic carbocycles. The lowest BCUT2D eigenvalue weighted by atomic mass is 9.82. The molecule has 0 saturated carbocycles. The lowest BCUT2D eigenvalue weighted by Crippen LogP contribution is -2.51. The van der Waals surface area contributed by atoms with Gasteiger partial charge in [0.05, 0.1) is 12.3 Å². The number of hydrogen-bond acceptors (Lipinski definition) is 2. The Labute approximate surface area is 83.5 Å². The first-order chi connectivity index (χ1) is 6.84. The molecule has 2 atom stereocenters. The monoisotopic (exact) mass is 191 g/mol. The van der Waals surface area contributed by atoms with Crippen molar-refractivity contribution in [3.05, 3.63) is 12.2 Å². The Morgan fingerprint density at radius 3 is 3.29 bits per heavy atom. The Hall–Kier alpha value is -0.960. The first-order valence-corrected chi connectivity index (χ1v) is 5.39. The molecule has 0 radical (unpaired) electrons. The largest absolute Gasteiger partial charge is 0.390 e. The van der Waals surface area contributed by atoms with Gasteiger partial charge in [0.25, 0.3) is 0 Å². The topological polar surface area (TPSA) is 32.1 Å². The Morgan fingerprint density at radius 2 is 2.36 bits per heavy atom. The maximum Gasteiger partial charge on any atom is 0.390 e. The lowest BCUT2D eigenvalue weighted by Gasteiger charge is -2.33. The number of hydrogen-bond donors (Lipinski definition) is 1. The van der Waals surface area contributed by atoms with Gasteiger partial charge in [0, 0.05) is 25.1 Å². The Balaban J connectivity index is 2.03. The van der Waals surface area contributed by atoms with Crippen LogP contribution in [0.15, 0.2) is 12.2 Å². The highest BCUT2D eigenvalue weighted by molar-refractivity contribution is 5.98. The van der Waals surface area contributed by atoms with E-state index in [0.29, 0.717) is 24.2 Å². The summed E-state index contributed by atoms with van der Waals surface area (Å²) in [4.78, 5) is 11.7. The molecule has 3 aliphatic rings. The van der Waals surface area contributed by atoms with Gasteiger partial charge < -0.3 is 5.32 Å². The summed E-state index contributed by atoms with van der Waals surface area (Å²) in [5, 5.41) is 3.44. The third-order valence-electron chi connectivity index (χ3n) is 3.49. The van der Waals surface area contributed by atoms with E-state index in [1.54, 1.807) is 0 Å². The van der Waals surface area contributed by atoms with Crippen molar-refractivity contribution >= 4 is 11.6 Å². The predicted molar refractivity (Wildman–Crippen MR) is 53.4 cm³/mol.